The number of hydrogen-bond acceptors (Lipinski definition) is 17. The zero-order valence-corrected chi connectivity index (χ0v) is 46.5. The standard InChI is InChI=1S/C61H49F5N14O5/c1-60(2)50(48(30-71)57(84-60)40(26-67)27-68)17-11-37-7-13-44(14-8-37)77(5)19-21-79-32-42(73-75-79)35-81-46-23-39(34-83-59-55(65)53(63)52(62)54(64)56(59)66)24-47(25-46)82-36-43-33-80(76-74-43)22-20-78(6)45-15-9-38(10-16-45)12-18-51-49(31-72)58(41(28-69)29-70)85-61(51,3)4/h7-18,23-25,32-33H,19-22,34-36H2,1-6H3/b17-11+,18-12+. The molecule has 4 heterocycles. The molecule has 0 N–H and O–H groups in total. The predicted molar refractivity (Wildman–Crippen MR) is 295 cm³/mol. The number of ether oxygens (including phenoxy) is 5. The fourth-order valence-electron chi connectivity index (χ4n) is 8.86. The number of nitrogens with zero attached hydrogens (tertiary/aromatic N) is 14. The molecular formula is C61H49F5N14O5. The summed E-state index contributed by atoms with van der Waals surface area (Å²) in [7, 11) is 3.81. The van der Waals surface area contributed by atoms with E-state index in [0.717, 1.165) is 22.5 Å². The molecule has 6 aromatic rings. The Bertz CT molecular complexity index is 3760. The van der Waals surface area contributed by atoms with Gasteiger partial charge in [0.1, 0.15) is 101 Å². The molecule has 0 radical (unpaired) electrons. The van der Waals surface area contributed by atoms with Crippen molar-refractivity contribution >= 4 is 23.5 Å². The molecule has 0 saturated heterocycles. The van der Waals surface area contributed by atoms with Crippen molar-refractivity contribution in [3.05, 3.63) is 193 Å². The van der Waals surface area contributed by atoms with E-state index in [1.165, 1.54) is 18.2 Å². The van der Waals surface area contributed by atoms with Crippen LogP contribution in [0.15, 0.2) is 136 Å². The van der Waals surface area contributed by atoms with Crippen LogP contribution in [0.5, 0.6) is 17.2 Å². The van der Waals surface area contributed by atoms with Gasteiger partial charge in [0.05, 0.1) is 25.5 Å². The smallest absolute Gasteiger partial charge is 0.207 e. The van der Waals surface area contributed by atoms with E-state index in [1.54, 1.807) is 85.9 Å². The van der Waals surface area contributed by atoms with Gasteiger partial charge in [0.25, 0.3) is 0 Å². The van der Waals surface area contributed by atoms with Crippen molar-refractivity contribution in [3.63, 3.8) is 0 Å². The van der Waals surface area contributed by atoms with Gasteiger partial charge in [-0.1, -0.05) is 59.0 Å². The zero-order chi connectivity index (χ0) is 61.2. The van der Waals surface area contributed by atoms with Gasteiger partial charge in [0, 0.05) is 55.8 Å². The number of allylic oxidation sites excluding steroid dienone is 4. The van der Waals surface area contributed by atoms with Crippen LogP contribution < -0.4 is 24.0 Å². The third-order valence-corrected chi connectivity index (χ3v) is 13.4. The highest BCUT2D eigenvalue weighted by Gasteiger charge is 2.40. The molecule has 2 aromatic heterocycles. The first-order chi connectivity index (χ1) is 40.7. The van der Waals surface area contributed by atoms with Gasteiger partial charge in [-0.3, -0.25) is 9.36 Å². The predicted octanol–water partition coefficient (Wildman–Crippen LogP) is 10.5. The van der Waals surface area contributed by atoms with Crippen molar-refractivity contribution < 1.29 is 45.6 Å². The maximum atomic E-state index is 14.6. The number of hydrogen-bond donors (Lipinski definition) is 0. The van der Waals surface area contributed by atoms with E-state index in [1.807, 2.05) is 84.6 Å². The van der Waals surface area contributed by atoms with Crippen molar-refractivity contribution in [2.45, 2.75) is 71.8 Å². The fraction of sp³-hybridized carbons (Fsp3) is 0.246. The highest BCUT2D eigenvalue weighted by atomic mass is 19.2. The average Bonchev–Trinajstić information content (AvgIpc) is 2.17. The third-order valence-electron chi connectivity index (χ3n) is 13.4. The van der Waals surface area contributed by atoms with E-state index in [4.69, 9.17) is 23.7 Å². The SMILES string of the molecule is CN(CCn1cc(COc2cc(COc3c(F)c(F)c(F)c(F)c3F)cc(OCc3cn(CCN(C)c4ccc(/C=C/C5=C(C#N)C(=C(C#N)C#N)OC5(C)C)cc4)nn3)c2)nn1)c1ccc(/C=C/C2=C(C#N)C(=C(C#N)C#N)OC2(C)C)cc1. The molecule has 0 bridgehead atoms. The van der Waals surface area contributed by atoms with E-state index < -0.39 is 52.6 Å². The Kier molecular flexibility index (Phi) is 18.1. The quantitative estimate of drug-likeness (QED) is 0.0281. The molecule has 0 aliphatic carbocycles. The Morgan fingerprint density at radius 1 is 0.541 bits per heavy atom. The van der Waals surface area contributed by atoms with Crippen LogP contribution in [0.3, 0.4) is 0 Å². The van der Waals surface area contributed by atoms with Gasteiger partial charge in [-0.15, -0.1) is 10.2 Å². The lowest BCUT2D eigenvalue weighted by molar-refractivity contribution is 0.0951. The molecule has 0 spiro atoms. The average molecular weight is 1150 g/mol. The van der Waals surface area contributed by atoms with Crippen LogP contribution in [0.25, 0.3) is 12.2 Å². The molecule has 85 heavy (non-hydrogen) atoms. The van der Waals surface area contributed by atoms with Crippen LogP contribution in [0.1, 0.15) is 55.8 Å². The zero-order valence-electron chi connectivity index (χ0n) is 46.5. The van der Waals surface area contributed by atoms with Crippen LogP contribution in [0.2, 0.25) is 0 Å². The minimum atomic E-state index is -2.33. The van der Waals surface area contributed by atoms with Gasteiger partial charge < -0.3 is 33.5 Å². The largest absolute Gasteiger partial charge is 0.487 e. The topological polar surface area (TPSA) is 257 Å². The van der Waals surface area contributed by atoms with Crippen molar-refractivity contribution in [1.29, 1.82) is 31.6 Å². The van der Waals surface area contributed by atoms with Crippen molar-refractivity contribution in [2.24, 2.45) is 0 Å². The van der Waals surface area contributed by atoms with Gasteiger partial charge in [-0.05, 0) is 80.8 Å². The Morgan fingerprint density at radius 3 is 1.31 bits per heavy atom. The monoisotopic (exact) mass is 1150 g/mol. The van der Waals surface area contributed by atoms with Gasteiger partial charge in [-0.25, -0.2) is 13.2 Å². The van der Waals surface area contributed by atoms with Gasteiger partial charge in [0.15, 0.2) is 28.4 Å². The maximum absolute atomic E-state index is 14.6. The van der Waals surface area contributed by atoms with Gasteiger partial charge in [0.2, 0.25) is 29.1 Å². The Balaban J connectivity index is 0.878. The molecule has 0 fully saturated rings. The van der Waals surface area contributed by atoms with Crippen LogP contribution in [-0.2, 0) is 42.4 Å². The van der Waals surface area contributed by atoms with E-state index in [0.29, 0.717) is 48.7 Å². The number of anilines is 2. The lowest BCUT2D eigenvalue weighted by atomic mass is 9.94. The van der Waals surface area contributed by atoms with Gasteiger partial charge >= 0.3 is 0 Å². The van der Waals surface area contributed by atoms with Crippen LogP contribution in [-0.4, -0.2) is 68.4 Å². The van der Waals surface area contributed by atoms with E-state index in [2.05, 4.69) is 32.8 Å². The molecular weight excluding hydrogens is 1100 g/mol. The van der Waals surface area contributed by atoms with E-state index in [9.17, 15) is 53.5 Å². The first-order valence-electron chi connectivity index (χ1n) is 25.8. The highest BCUT2D eigenvalue weighted by molar-refractivity contribution is 5.67. The fourth-order valence-corrected chi connectivity index (χ4v) is 8.86. The molecule has 4 aromatic carbocycles. The molecule has 2 aliphatic heterocycles. The van der Waals surface area contributed by atoms with E-state index >= 15 is 0 Å². The van der Waals surface area contributed by atoms with Gasteiger partial charge in [-0.2, -0.15) is 40.4 Å². The lowest BCUT2D eigenvalue weighted by Crippen LogP contribution is -2.22. The summed E-state index contributed by atoms with van der Waals surface area (Å²) in [5, 5.41) is 74.1. The number of halogens is 5. The van der Waals surface area contributed by atoms with Crippen molar-refractivity contribution in [3.8, 4) is 53.7 Å². The highest BCUT2D eigenvalue weighted by Crippen LogP contribution is 2.42. The second kappa shape index (κ2) is 25.7. The summed E-state index contributed by atoms with van der Waals surface area (Å²) in [6.07, 6.45) is 10.5. The Morgan fingerprint density at radius 2 is 0.929 bits per heavy atom. The summed E-state index contributed by atoms with van der Waals surface area (Å²) in [6, 6.07) is 30.9. The van der Waals surface area contributed by atoms with E-state index in [-0.39, 0.29) is 64.1 Å². The second-order valence-corrected chi connectivity index (χ2v) is 20.1. The summed E-state index contributed by atoms with van der Waals surface area (Å²) in [5.74, 6) is -12.1. The Labute approximate surface area is 484 Å². The molecule has 0 saturated carbocycles. The summed E-state index contributed by atoms with van der Waals surface area (Å²) in [6.45, 7) is 8.01. The molecule has 0 atom stereocenters. The van der Waals surface area contributed by atoms with Crippen molar-refractivity contribution in [1.82, 2.24) is 30.0 Å². The van der Waals surface area contributed by atoms with Crippen LogP contribution in [0.4, 0.5) is 33.3 Å². The summed E-state index contributed by atoms with van der Waals surface area (Å²) in [4.78, 5) is 4.01. The normalized spacial score (nSPS) is 14.0. The lowest BCUT2D eigenvalue weighted by Gasteiger charge is -2.20. The summed E-state index contributed by atoms with van der Waals surface area (Å²) < 4.78 is 103. The Hall–Kier alpha value is -11.2. The molecule has 8 rings (SSSR count). The number of benzene rings is 4. The molecule has 0 amide bonds. The van der Waals surface area contributed by atoms with Crippen molar-refractivity contribution in [2.75, 3.05) is 37.0 Å². The number of rotatable bonds is 21. The summed E-state index contributed by atoms with van der Waals surface area (Å²) in [5.41, 5.74) is 3.33. The van der Waals surface area contributed by atoms with Crippen LogP contribution in [0, 0.1) is 97.1 Å². The number of likely N-dealkylation sites (N-methyl/N-ethyl adjacent to an activating group) is 2. The first-order valence-corrected chi connectivity index (χ1v) is 25.8. The second-order valence-electron chi connectivity index (χ2n) is 20.1. The number of aromatic nitrogens is 6. The molecule has 24 heteroatoms. The third kappa shape index (κ3) is 13.6. The molecule has 0 unspecified atom stereocenters. The minimum absolute atomic E-state index is 0.0382. The molecule has 19 nitrogen and oxygen atoms in total. The minimum Gasteiger partial charge on any atom is -0.487 e. The molecule has 428 valence electrons. The molecule has 2 aliphatic rings. The maximum Gasteiger partial charge on any atom is 0.207 e. The van der Waals surface area contributed by atoms with Crippen LogP contribution >= 0.6 is 0 Å². The first kappa shape index (κ1) is 59.9. The summed E-state index contributed by atoms with van der Waals surface area (Å²) >= 11 is 0. The number of nitriles is 6.